The van der Waals surface area contributed by atoms with Gasteiger partial charge >= 0.3 is 0 Å². The van der Waals surface area contributed by atoms with Crippen molar-refractivity contribution < 1.29 is 4.74 Å². The molecule has 0 fully saturated rings. The van der Waals surface area contributed by atoms with E-state index in [2.05, 4.69) is 18.8 Å². The van der Waals surface area contributed by atoms with E-state index in [9.17, 15) is 0 Å². The van der Waals surface area contributed by atoms with Crippen LogP contribution in [-0.4, -0.2) is 5.90 Å². The van der Waals surface area contributed by atoms with Crippen molar-refractivity contribution in [3.8, 4) is 11.8 Å². The van der Waals surface area contributed by atoms with Gasteiger partial charge in [-0.1, -0.05) is 43.0 Å². The van der Waals surface area contributed by atoms with Gasteiger partial charge in [-0.15, -0.1) is 0 Å². The SMILES string of the molecule is CCCCC#CC(=N)OCc1ccc(Cl)cc1. The molecule has 0 spiro atoms. The van der Waals surface area contributed by atoms with Crippen molar-refractivity contribution in [2.24, 2.45) is 0 Å². The summed E-state index contributed by atoms with van der Waals surface area (Å²) in [7, 11) is 0. The van der Waals surface area contributed by atoms with Gasteiger partial charge in [0.2, 0.25) is 0 Å². The number of nitrogens with one attached hydrogen (secondary N) is 1. The lowest BCUT2D eigenvalue weighted by atomic mass is 10.2. The zero-order valence-electron chi connectivity index (χ0n) is 9.92. The van der Waals surface area contributed by atoms with Crippen LogP contribution in [0.15, 0.2) is 24.3 Å². The van der Waals surface area contributed by atoms with Crippen molar-refractivity contribution in [1.82, 2.24) is 0 Å². The second-order valence-electron chi connectivity index (χ2n) is 3.65. The number of ether oxygens (including phenoxy) is 1. The quantitative estimate of drug-likeness (QED) is 0.372. The summed E-state index contributed by atoms with van der Waals surface area (Å²) in [6, 6.07) is 7.35. The third-order valence-corrected chi connectivity index (χ3v) is 2.41. The molecule has 0 atom stereocenters. The van der Waals surface area contributed by atoms with Crippen LogP contribution >= 0.6 is 11.6 Å². The molecule has 1 rings (SSSR count). The number of benzene rings is 1. The summed E-state index contributed by atoms with van der Waals surface area (Å²) in [5.74, 6) is 5.62. The highest BCUT2D eigenvalue weighted by Crippen LogP contribution is 2.10. The Balaban J connectivity index is 2.32. The summed E-state index contributed by atoms with van der Waals surface area (Å²) in [6.45, 7) is 2.47. The van der Waals surface area contributed by atoms with Gasteiger partial charge in [-0.3, -0.25) is 5.41 Å². The lowest BCUT2D eigenvalue weighted by Crippen LogP contribution is -2.00. The zero-order chi connectivity index (χ0) is 12.5. The summed E-state index contributed by atoms with van der Waals surface area (Å²) in [5.41, 5.74) is 0.981. The van der Waals surface area contributed by atoms with Gasteiger partial charge in [0, 0.05) is 11.4 Å². The fraction of sp³-hybridized carbons (Fsp3) is 0.357. The summed E-state index contributed by atoms with van der Waals surface area (Å²) < 4.78 is 5.21. The van der Waals surface area contributed by atoms with Crippen LogP contribution in [0.1, 0.15) is 31.7 Å². The van der Waals surface area contributed by atoms with Crippen LogP contribution < -0.4 is 0 Å². The minimum absolute atomic E-state index is 0.0241. The van der Waals surface area contributed by atoms with E-state index in [1.807, 2.05) is 12.1 Å². The summed E-state index contributed by atoms with van der Waals surface area (Å²) in [4.78, 5) is 0. The van der Waals surface area contributed by atoms with E-state index in [0.29, 0.717) is 11.6 Å². The predicted molar refractivity (Wildman–Crippen MR) is 71.3 cm³/mol. The van der Waals surface area contributed by atoms with Crippen LogP contribution in [0.3, 0.4) is 0 Å². The first-order valence-corrected chi connectivity index (χ1v) is 6.05. The lowest BCUT2D eigenvalue weighted by molar-refractivity contribution is 0.294. The summed E-state index contributed by atoms with van der Waals surface area (Å²) in [6.07, 6.45) is 3.01. The van der Waals surface area contributed by atoms with Crippen LogP contribution in [0.2, 0.25) is 5.02 Å². The van der Waals surface area contributed by atoms with Crippen LogP contribution in [-0.2, 0) is 11.3 Å². The number of halogens is 1. The molecule has 0 radical (unpaired) electrons. The topological polar surface area (TPSA) is 33.1 Å². The number of rotatable bonds is 4. The van der Waals surface area contributed by atoms with Gasteiger partial charge in [-0.25, -0.2) is 0 Å². The van der Waals surface area contributed by atoms with Crippen molar-refractivity contribution in [2.75, 3.05) is 0 Å². The van der Waals surface area contributed by atoms with E-state index in [0.717, 1.165) is 24.8 Å². The average molecular weight is 250 g/mol. The Kier molecular flexibility index (Phi) is 6.21. The third kappa shape index (κ3) is 5.99. The highest BCUT2D eigenvalue weighted by atomic mass is 35.5. The van der Waals surface area contributed by atoms with Gasteiger partial charge in [0.25, 0.3) is 5.90 Å². The van der Waals surface area contributed by atoms with Crippen LogP contribution in [0.25, 0.3) is 0 Å². The second-order valence-corrected chi connectivity index (χ2v) is 4.09. The molecule has 0 aromatic heterocycles. The van der Waals surface area contributed by atoms with Gasteiger partial charge in [0.15, 0.2) is 0 Å². The van der Waals surface area contributed by atoms with Crippen LogP contribution in [0.5, 0.6) is 0 Å². The van der Waals surface area contributed by atoms with E-state index in [4.69, 9.17) is 21.7 Å². The van der Waals surface area contributed by atoms with Crippen molar-refractivity contribution in [1.29, 1.82) is 5.41 Å². The molecule has 1 aromatic carbocycles. The first-order valence-electron chi connectivity index (χ1n) is 5.67. The molecule has 2 nitrogen and oxygen atoms in total. The normalized spacial score (nSPS) is 9.29. The van der Waals surface area contributed by atoms with Gasteiger partial charge in [-0.05, 0) is 30.0 Å². The molecule has 1 aromatic rings. The summed E-state index contributed by atoms with van der Waals surface area (Å²) in [5, 5.41) is 8.19. The third-order valence-electron chi connectivity index (χ3n) is 2.15. The molecule has 0 saturated carbocycles. The van der Waals surface area contributed by atoms with E-state index in [1.165, 1.54) is 0 Å². The van der Waals surface area contributed by atoms with Gasteiger partial charge < -0.3 is 4.74 Å². The van der Waals surface area contributed by atoms with E-state index in [-0.39, 0.29) is 5.90 Å². The highest BCUT2D eigenvalue weighted by Gasteiger charge is 1.95. The maximum absolute atomic E-state index is 7.49. The van der Waals surface area contributed by atoms with Gasteiger partial charge in [-0.2, -0.15) is 0 Å². The highest BCUT2D eigenvalue weighted by molar-refractivity contribution is 6.30. The van der Waals surface area contributed by atoms with E-state index < -0.39 is 0 Å². The Morgan fingerprint density at radius 1 is 1.35 bits per heavy atom. The molecule has 3 heteroatoms. The smallest absolute Gasteiger partial charge is 0.260 e. The van der Waals surface area contributed by atoms with E-state index >= 15 is 0 Å². The Morgan fingerprint density at radius 3 is 2.71 bits per heavy atom. The Labute approximate surface area is 107 Å². The van der Waals surface area contributed by atoms with Crippen LogP contribution in [0, 0.1) is 17.3 Å². The predicted octanol–water partition coefficient (Wildman–Crippen LogP) is 4.03. The monoisotopic (exact) mass is 249 g/mol. The largest absolute Gasteiger partial charge is 0.467 e. The molecule has 0 amide bonds. The van der Waals surface area contributed by atoms with Gasteiger partial charge in [0.05, 0.1) is 0 Å². The molecule has 17 heavy (non-hydrogen) atoms. The van der Waals surface area contributed by atoms with E-state index in [1.54, 1.807) is 12.1 Å². The Bertz CT molecular complexity index is 414. The minimum atomic E-state index is 0.0241. The molecular formula is C14H16ClNO. The Hall–Kier alpha value is -1.46. The van der Waals surface area contributed by atoms with Crippen molar-refractivity contribution >= 4 is 17.5 Å². The van der Waals surface area contributed by atoms with Crippen molar-refractivity contribution in [3.05, 3.63) is 34.9 Å². The first-order chi connectivity index (χ1) is 8.22. The molecule has 0 saturated heterocycles. The maximum Gasteiger partial charge on any atom is 0.260 e. The molecule has 0 unspecified atom stereocenters. The zero-order valence-corrected chi connectivity index (χ0v) is 10.7. The first kappa shape index (κ1) is 13.6. The molecule has 0 aliphatic rings. The average Bonchev–Trinajstić information content (AvgIpc) is 2.34. The lowest BCUT2D eigenvalue weighted by Gasteiger charge is -2.02. The molecule has 1 N–H and O–H groups in total. The molecule has 0 heterocycles. The fourth-order valence-corrected chi connectivity index (χ4v) is 1.31. The van der Waals surface area contributed by atoms with Gasteiger partial charge in [0.1, 0.15) is 6.61 Å². The molecule has 0 bridgehead atoms. The number of hydrogen-bond acceptors (Lipinski definition) is 2. The molecule has 90 valence electrons. The second kappa shape index (κ2) is 7.76. The Morgan fingerprint density at radius 2 is 2.06 bits per heavy atom. The van der Waals surface area contributed by atoms with Crippen molar-refractivity contribution in [3.63, 3.8) is 0 Å². The standard InChI is InChI=1S/C14H16ClNO/c1-2-3-4-5-6-14(16)17-11-12-7-9-13(15)10-8-12/h7-10,16H,2-4,11H2,1H3. The molecule has 0 aliphatic heterocycles. The van der Waals surface area contributed by atoms with Crippen LogP contribution in [0.4, 0.5) is 0 Å². The molecule has 0 aliphatic carbocycles. The number of hydrogen-bond donors (Lipinski definition) is 1. The maximum atomic E-state index is 7.49. The number of unbranched alkanes of at least 4 members (excludes halogenated alkanes) is 2. The fourth-order valence-electron chi connectivity index (χ4n) is 1.18. The minimum Gasteiger partial charge on any atom is -0.467 e. The molecular weight excluding hydrogens is 234 g/mol. The summed E-state index contributed by atoms with van der Waals surface area (Å²) >= 11 is 5.77. The van der Waals surface area contributed by atoms with Crippen molar-refractivity contribution in [2.45, 2.75) is 32.8 Å².